The second-order valence-corrected chi connectivity index (χ2v) is 6.96. The third-order valence-electron chi connectivity index (χ3n) is 5.29. The summed E-state index contributed by atoms with van der Waals surface area (Å²) in [6.45, 7) is 3.49. The maximum atomic E-state index is 3.30. The van der Waals surface area contributed by atoms with Gasteiger partial charge in [0.15, 0.2) is 0 Å². The zero-order valence-corrected chi connectivity index (χ0v) is 14.7. The van der Waals surface area contributed by atoms with Crippen LogP contribution in [0.4, 0.5) is 0 Å². The molecule has 128 valence electrons. The Morgan fingerprint density at radius 3 is 2.68 bits per heavy atom. The van der Waals surface area contributed by atoms with Gasteiger partial charge >= 0.3 is 0 Å². The molecule has 2 heteroatoms. The van der Waals surface area contributed by atoms with Crippen LogP contribution in [0.1, 0.15) is 30.4 Å². The Bertz CT molecular complexity index is 845. The zero-order valence-electron chi connectivity index (χ0n) is 14.7. The topological polar surface area (TPSA) is 19.0 Å². The number of fused-ring (bicyclic) bond motifs is 1. The lowest BCUT2D eigenvalue weighted by Crippen LogP contribution is -2.29. The first-order valence-electron chi connectivity index (χ1n) is 9.42. The maximum Gasteiger partial charge on any atom is 0.0456 e. The van der Waals surface area contributed by atoms with Crippen LogP contribution in [0.2, 0.25) is 0 Å². The molecule has 0 atom stereocenters. The molecule has 0 aliphatic carbocycles. The summed E-state index contributed by atoms with van der Waals surface area (Å²) >= 11 is 0. The molecule has 0 saturated carbocycles. The van der Waals surface area contributed by atoms with E-state index in [2.05, 4.69) is 70.6 Å². The molecule has 1 aromatic heterocycles. The molecule has 2 heterocycles. The van der Waals surface area contributed by atoms with Crippen LogP contribution in [-0.2, 0) is 6.42 Å². The van der Waals surface area contributed by atoms with Crippen molar-refractivity contribution in [1.82, 2.24) is 9.88 Å². The number of nitrogens with one attached hydrogen (secondary N) is 1. The molecular formula is C23H26N2. The Labute approximate surface area is 150 Å². The fourth-order valence-corrected chi connectivity index (χ4v) is 3.85. The quantitative estimate of drug-likeness (QED) is 0.609. The van der Waals surface area contributed by atoms with Gasteiger partial charge in [0, 0.05) is 30.2 Å². The van der Waals surface area contributed by atoms with E-state index < -0.39 is 0 Å². The van der Waals surface area contributed by atoms with E-state index in [1.54, 1.807) is 0 Å². The van der Waals surface area contributed by atoms with Crippen LogP contribution in [0.25, 0.3) is 16.5 Å². The van der Waals surface area contributed by atoms with E-state index >= 15 is 0 Å². The highest BCUT2D eigenvalue weighted by Gasteiger charge is 2.12. The Morgan fingerprint density at radius 2 is 1.84 bits per heavy atom. The van der Waals surface area contributed by atoms with Crippen LogP contribution in [0.3, 0.4) is 0 Å². The van der Waals surface area contributed by atoms with Crippen molar-refractivity contribution in [1.29, 1.82) is 0 Å². The molecular weight excluding hydrogens is 304 g/mol. The number of benzene rings is 2. The molecule has 0 unspecified atom stereocenters. The van der Waals surface area contributed by atoms with E-state index in [9.17, 15) is 0 Å². The Morgan fingerprint density at radius 1 is 0.920 bits per heavy atom. The lowest BCUT2D eigenvalue weighted by atomic mass is 9.99. The van der Waals surface area contributed by atoms with Crippen molar-refractivity contribution >= 4 is 16.5 Å². The Balaban J connectivity index is 1.25. The third-order valence-corrected chi connectivity index (χ3v) is 5.29. The molecule has 3 aromatic rings. The summed E-state index contributed by atoms with van der Waals surface area (Å²) in [6.07, 6.45) is 9.34. The molecule has 0 amide bonds. The number of aromatic nitrogens is 1. The first-order chi connectivity index (χ1) is 12.4. The SMILES string of the molecule is C1=C(c2ccccc2)CCN(CCCCc2cccc3[nH]ccc23)C1. The van der Waals surface area contributed by atoms with Crippen molar-refractivity contribution in [3.63, 3.8) is 0 Å². The predicted octanol–water partition coefficient (Wildman–Crippen LogP) is 5.28. The minimum Gasteiger partial charge on any atom is -0.361 e. The van der Waals surface area contributed by atoms with Crippen molar-refractivity contribution < 1.29 is 0 Å². The molecule has 1 aliphatic rings. The zero-order chi connectivity index (χ0) is 16.9. The summed E-state index contributed by atoms with van der Waals surface area (Å²) in [7, 11) is 0. The van der Waals surface area contributed by atoms with Gasteiger partial charge < -0.3 is 4.98 Å². The molecule has 0 spiro atoms. The van der Waals surface area contributed by atoms with E-state index in [1.165, 1.54) is 66.4 Å². The van der Waals surface area contributed by atoms with Gasteiger partial charge in [-0.1, -0.05) is 48.5 Å². The van der Waals surface area contributed by atoms with Crippen LogP contribution in [0, 0.1) is 0 Å². The Hall–Kier alpha value is -2.32. The number of unbranched alkanes of at least 4 members (excludes halogenated alkanes) is 1. The van der Waals surface area contributed by atoms with E-state index in [0.717, 1.165) is 6.54 Å². The molecule has 1 aliphatic heterocycles. The lowest BCUT2D eigenvalue weighted by molar-refractivity contribution is 0.295. The van der Waals surface area contributed by atoms with Crippen molar-refractivity contribution in [2.45, 2.75) is 25.7 Å². The van der Waals surface area contributed by atoms with Crippen molar-refractivity contribution in [2.24, 2.45) is 0 Å². The number of aromatic amines is 1. The highest BCUT2D eigenvalue weighted by Crippen LogP contribution is 2.23. The molecule has 1 N–H and O–H groups in total. The highest BCUT2D eigenvalue weighted by molar-refractivity contribution is 5.82. The van der Waals surface area contributed by atoms with Crippen molar-refractivity contribution in [3.8, 4) is 0 Å². The third kappa shape index (κ3) is 3.85. The predicted molar refractivity (Wildman–Crippen MR) is 107 cm³/mol. The molecule has 0 radical (unpaired) electrons. The molecule has 0 saturated heterocycles. The van der Waals surface area contributed by atoms with Gasteiger partial charge in [-0.15, -0.1) is 0 Å². The van der Waals surface area contributed by atoms with Gasteiger partial charge in [-0.25, -0.2) is 0 Å². The van der Waals surface area contributed by atoms with Crippen LogP contribution in [-0.4, -0.2) is 29.5 Å². The fraction of sp³-hybridized carbons (Fsp3) is 0.304. The van der Waals surface area contributed by atoms with Crippen molar-refractivity contribution in [2.75, 3.05) is 19.6 Å². The molecule has 0 bridgehead atoms. The van der Waals surface area contributed by atoms with Gasteiger partial charge in [0.1, 0.15) is 0 Å². The van der Waals surface area contributed by atoms with Crippen LogP contribution >= 0.6 is 0 Å². The van der Waals surface area contributed by atoms with Gasteiger partial charge in [0.25, 0.3) is 0 Å². The van der Waals surface area contributed by atoms with Crippen LogP contribution < -0.4 is 0 Å². The monoisotopic (exact) mass is 330 g/mol. The van der Waals surface area contributed by atoms with E-state index in [-0.39, 0.29) is 0 Å². The average molecular weight is 330 g/mol. The summed E-state index contributed by atoms with van der Waals surface area (Å²) in [5.74, 6) is 0. The Kier molecular flexibility index (Phi) is 4.98. The second-order valence-electron chi connectivity index (χ2n) is 6.96. The number of H-pyrrole nitrogens is 1. The standard InChI is InChI=1S/C23H26N2/c1-2-7-19(8-3-1)20-13-17-25(18-14-20)16-5-4-9-21-10-6-11-23-22(21)12-15-24-23/h1-3,6-8,10-13,15,24H,4-5,9,14,16-18H2. The van der Waals surface area contributed by atoms with Crippen LogP contribution in [0.5, 0.6) is 0 Å². The second kappa shape index (κ2) is 7.71. The average Bonchev–Trinajstić information content (AvgIpc) is 3.16. The smallest absolute Gasteiger partial charge is 0.0456 e. The highest BCUT2D eigenvalue weighted by atomic mass is 15.1. The number of hydrogen-bond acceptors (Lipinski definition) is 1. The molecule has 0 fully saturated rings. The summed E-state index contributed by atoms with van der Waals surface area (Å²) < 4.78 is 0. The normalized spacial score (nSPS) is 15.4. The van der Waals surface area contributed by atoms with Gasteiger partial charge in [-0.3, -0.25) is 4.90 Å². The molecule has 4 rings (SSSR count). The molecule has 2 aromatic carbocycles. The van der Waals surface area contributed by atoms with Gasteiger partial charge in [0.05, 0.1) is 0 Å². The number of hydrogen-bond donors (Lipinski definition) is 1. The number of nitrogens with zero attached hydrogens (tertiary/aromatic N) is 1. The van der Waals surface area contributed by atoms with E-state index in [1.807, 2.05) is 6.20 Å². The summed E-state index contributed by atoms with van der Waals surface area (Å²) in [5, 5.41) is 1.39. The fourth-order valence-electron chi connectivity index (χ4n) is 3.85. The summed E-state index contributed by atoms with van der Waals surface area (Å²) in [4.78, 5) is 5.89. The van der Waals surface area contributed by atoms with Gasteiger partial charge in [-0.2, -0.15) is 0 Å². The van der Waals surface area contributed by atoms with E-state index in [0.29, 0.717) is 0 Å². The van der Waals surface area contributed by atoms with Gasteiger partial charge in [-0.05, 0) is 61.1 Å². The van der Waals surface area contributed by atoms with Crippen LogP contribution in [0.15, 0.2) is 66.9 Å². The number of rotatable bonds is 6. The lowest BCUT2D eigenvalue weighted by Gasteiger charge is -2.26. The van der Waals surface area contributed by atoms with E-state index in [4.69, 9.17) is 0 Å². The number of aryl methyl sites for hydroxylation is 1. The summed E-state index contributed by atoms with van der Waals surface area (Å²) in [5.41, 5.74) is 5.63. The van der Waals surface area contributed by atoms with Crippen molar-refractivity contribution in [3.05, 3.63) is 78.0 Å². The van der Waals surface area contributed by atoms with Gasteiger partial charge in [0.2, 0.25) is 0 Å². The molecule has 25 heavy (non-hydrogen) atoms. The first kappa shape index (κ1) is 16.2. The largest absolute Gasteiger partial charge is 0.361 e. The summed E-state index contributed by atoms with van der Waals surface area (Å²) in [6, 6.07) is 19.6. The molecule has 2 nitrogen and oxygen atoms in total. The first-order valence-corrected chi connectivity index (χ1v) is 9.42. The minimum atomic E-state index is 1.09. The maximum absolute atomic E-state index is 3.30. The minimum absolute atomic E-state index is 1.09.